The molecule has 0 amide bonds. The number of hydrogen-bond acceptors (Lipinski definition) is 3. The molecule has 2 aromatic heterocycles. The summed E-state index contributed by atoms with van der Waals surface area (Å²) in [6.45, 7) is 3.80. The van der Waals surface area contributed by atoms with Crippen molar-refractivity contribution < 1.29 is 4.79 Å². The number of aromatic nitrogens is 3. The molecule has 0 saturated carbocycles. The Kier molecular flexibility index (Phi) is 4.27. The van der Waals surface area contributed by atoms with Crippen LogP contribution in [0.1, 0.15) is 42.5 Å². The van der Waals surface area contributed by atoms with Crippen LogP contribution in [0.3, 0.4) is 0 Å². The standard InChI is InChI=1S/C25H23N3O/c1-3-4-17-13-26-25(27-14-17)18-6-8-21-22-11-19-10-16(9-15(2)29)5-7-20(19)24(22)28-23(21)12-18/h5-8,10,12-14,28H,3-4,9,11H2,1-2H3. The topological polar surface area (TPSA) is 58.6 Å². The summed E-state index contributed by atoms with van der Waals surface area (Å²) in [6.07, 6.45) is 7.37. The predicted octanol–water partition coefficient (Wildman–Crippen LogP) is 5.28. The Morgan fingerprint density at radius 3 is 2.66 bits per heavy atom. The minimum atomic E-state index is 0.199. The molecule has 2 aromatic carbocycles. The highest BCUT2D eigenvalue weighted by Crippen LogP contribution is 2.41. The summed E-state index contributed by atoms with van der Waals surface area (Å²) in [6, 6.07) is 12.8. The van der Waals surface area contributed by atoms with Gasteiger partial charge in [-0.3, -0.25) is 4.79 Å². The Balaban J connectivity index is 1.50. The van der Waals surface area contributed by atoms with Crippen molar-refractivity contribution in [1.82, 2.24) is 15.0 Å². The minimum Gasteiger partial charge on any atom is -0.354 e. The van der Waals surface area contributed by atoms with Crippen molar-refractivity contribution in [2.75, 3.05) is 0 Å². The number of H-pyrrole nitrogens is 1. The van der Waals surface area contributed by atoms with Crippen LogP contribution in [0.25, 0.3) is 33.5 Å². The van der Waals surface area contributed by atoms with Gasteiger partial charge in [-0.25, -0.2) is 9.97 Å². The zero-order chi connectivity index (χ0) is 20.0. The molecule has 0 fully saturated rings. The van der Waals surface area contributed by atoms with E-state index in [4.69, 9.17) is 0 Å². The van der Waals surface area contributed by atoms with Crippen LogP contribution in [0, 0.1) is 0 Å². The second-order valence-corrected chi connectivity index (χ2v) is 7.95. The molecule has 5 rings (SSSR count). The van der Waals surface area contributed by atoms with Crippen molar-refractivity contribution in [3.05, 3.63) is 71.0 Å². The Labute approximate surface area is 170 Å². The number of nitrogens with one attached hydrogen (secondary N) is 1. The Hall–Kier alpha value is -3.27. The molecule has 0 unspecified atom stereocenters. The van der Waals surface area contributed by atoms with E-state index in [-0.39, 0.29) is 5.78 Å². The van der Waals surface area contributed by atoms with Crippen molar-refractivity contribution in [2.45, 2.75) is 39.5 Å². The second kappa shape index (κ2) is 6.96. The summed E-state index contributed by atoms with van der Waals surface area (Å²) in [7, 11) is 0. The first-order chi connectivity index (χ1) is 14.1. The lowest BCUT2D eigenvalue weighted by Crippen LogP contribution is -1.97. The number of aryl methyl sites for hydroxylation is 1. The molecule has 1 aliphatic rings. The molecule has 0 aliphatic heterocycles. The van der Waals surface area contributed by atoms with Gasteiger partial charge in [0.25, 0.3) is 0 Å². The van der Waals surface area contributed by atoms with Crippen LogP contribution in [0.15, 0.2) is 48.8 Å². The maximum absolute atomic E-state index is 11.4. The molecule has 0 spiro atoms. The summed E-state index contributed by atoms with van der Waals surface area (Å²) in [5.74, 6) is 0.959. The van der Waals surface area contributed by atoms with E-state index >= 15 is 0 Å². The molecule has 2 heterocycles. The Morgan fingerprint density at radius 2 is 1.90 bits per heavy atom. The molecule has 4 aromatic rings. The van der Waals surface area contributed by atoms with Crippen LogP contribution in [-0.2, 0) is 24.1 Å². The van der Waals surface area contributed by atoms with Gasteiger partial charge in [-0.1, -0.05) is 43.7 Å². The van der Waals surface area contributed by atoms with Gasteiger partial charge in [-0.05, 0) is 41.7 Å². The van der Waals surface area contributed by atoms with Crippen molar-refractivity contribution in [2.24, 2.45) is 0 Å². The van der Waals surface area contributed by atoms with E-state index in [1.54, 1.807) is 6.92 Å². The van der Waals surface area contributed by atoms with Crippen molar-refractivity contribution >= 4 is 16.7 Å². The van der Waals surface area contributed by atoms with Gasteiger partial charge in [0.05, 0.1) is 5.69 Å². The third-order valence-corrected chi connectivity index (χ3v) is 5.67. The average molecular weight is 381 g/mol. The number of benzene rings is 2. The number of carbonyl (C=O) groups is 1. The van der Waals surface area contributed by atoms with Crippen LogP contribution >= 0.6 is 0 Å². The van der Waals surface area contributed by atoms with Gasteiger partial charge in [-0.15, -0.1) is 0 Å². The number of rotatable bonds is 5. The minimum absolute atomic E-state index is 0.199. The maximum atomic E-state index is 11.4. The van der Waals surface area contributed by atoms with E-state index in [0.29, 0.717) is 6.42 Å². The summed E-state index contributed by atoms with van der Waals surface area (Å²) in [4.78, 5) is 24.2. The molecule has 1 N–H and O–H groups in total. The number of fused-ring (bicyclic) bond motifs is 5. The monoisotopic (exact) mass is 381 g/mol. The quantitative estimate of drug-likeness (QED) is 0.450. The van der Waals surface area contributed by atoms with Crippen LogP contribution in [-0.4, -0.2) is 20.7 Å². The van der Waals surface area contributed by atoms with Gasteiger partial charge in [0.2, 0.25) is 0 Å². The molecule has 1 aliphatic carbocycles. The van der Waals surface area contributed by atoms with Gasteiger partial charge >= 0.3 is 0 Å². The molecule has 0 saturated heterocycles. The number of Topliss-reactive ketones (excluding diaryl/α,β-unsaturated/α-hetero) is 1. The van der Waals surface area contributed by atoms with Crippen molar-refractivity contribution in [3.63, 3.8) is 0 Å². The van der Waals surface area contributed by atoms with Crippen LogP contribution < -0.4 is 0 Å². The molecule has 0 bridgehead atoms. The highest BCUT2D eigenvalue weighted by molar-refractivity contribution is 5.96. The van der Waals surface area contributed by atoms with Crippen LogP contribution in [0.2, 0.25) is 0 Å². The lowest BCUT2D eigenvalue weighted by molar-refractivity contribution is -0.116. The number of ketones is 1. The zero-order valence-electron chi connectivity index (χ0n) is 16.7. The highest BCUT2D eigenvalue weighted by atomic mass is 16.1. The van der Waals surface area contributed by atoms with Crippen LogP contribution in [0.5, 0.6) is 0 Å². The van der Waals surface area contributed by atoms with E-state index in [2.05, 4.69) is 58.3 Å². The van der Waals surface area contributed by atoms with E-state index in [0.717, 1.165) is 41.7 Å². The van der Waals surface area contributed by atoms with E-state index < -0.39 is 0 Å². The fourth-order valence-electron chi connectivity index (χ4n) is 4.35. The van der Waals surface area contributed by atoms with Crippen molar-refractivity contribution in [3.8, 4) is 22.6 Å². The molecule has 4 nitrogen and oxygen atoms in total. The van der Waals surface area contributed by atoms with E-state index in [1.165, 1.54) is 33.3 Å². The van der Waals surface area contributed by atoms with Gasteiger partial charge in [-0.2, -0.15) is 0 Å². The number of aromatic amines is 1. The summed E-state index contributed by atoms with van der Waals surface area (Å²) in [5, 5.41) is 1.25. The third kappa shape index (κ3) is 3.15. The first-order valence-corrected chi connectivity index (χ1v) is 10.2. The molecule has 29 heavy (non-hydrogen) atoms. The number of carbonyl (C=O) groups excluding carboxylic acids is 1. The maximum Gasteiger partial charge on any atom is 0.159 e. The molecule has 4 heteroatoms. The van der Waals surface area contributed by atoms with Crippen LogP contribution in [0.4, 0.5) is 0 Å². The average Bonchev–Trinajstić information content (AvgIpc) is 3.23. The Morgan fingerprint density at radius 1 is 1.07 bits per heavy atom. The Bertz CT molecular complexity index is 1240. The van der Waals surface area contributed by atoms with E-state index in [9.17, 15) is 4.79 Å². The first-order valence-electron chi connectivity index (χ1n) is 10.2. The first kappa shape index (κ1) is 17.8. The third-order valence-electron chi connectivity index (χ3n) is 5.67. The SMILES string of the molecule is CCCc1cnc(-c2ccc3c4c([nH]c3c2)-c2ccc(CC(C)=O)cc2C4)nc1. The number of nitrogens with zero attached hydrogens (tertiary/aromatic N) is 2. The fourth-order valence-corrected chi connectivity index (χ4v) is 4.35. The summed E-state index contributed by atoms with van der Waals surface area (Å²) in [5.41, 5.74) is 9.48. The molecule has 144 valence electrons. The van der Waals surface area contributed by atoms with Gasteiger partial charge < -0.3 is 4.98 Å². The lowest BCUT2D eigenvalue weighted by atomic mass is 10.0. The molecule has 0 atom stereocenters. The molecular weight excluding hydrogens is 358 g/mol. The normalized spacial score (nSPS) is 12.2. The van der Waals surface area contributed by atoms with Crippen molar-refractivity contribution in [1.29, 1.82) is 0 Å². The molecular formula is C25H23N3O. The highest BCUT2D eigenvalue weighted by Gasteiger charge is 2.23. The fraction of sp³-hybridized carbons (Fsp3) is 0.240. The summed E-state index contributed by atoms with van der Waals surface area (Å²) < 4.78 is 0. The zero-order valence-corrected chi connectivity index (χ0v) is 16.7. The van der Waals surface area contributed by atoms with Gasteiger partial charge in [0.1, 0.15) is 5.78 Å². The van der Waals surface area contributed by atoms with E-state index in [1.807, 2.05) is 12.4 Å². The summed E-state index contributed by atoms with van der Waals surface area (Å²) >= 11 is 0. The van der Waals surface area contributed by atoms with Gasteiger partial charge in [0.15, 0.2) is 5.82 Å². The predicted molar refractivity (Wildman–Crippen MR) is 116 cm³/mol. The molecule has 0 radical (unpaired) electrons. The largest absolute Gasteiger partial charge is 0.354 e. The second-order valence-electron chi connectivity index (χ2n) is 7.95. The number of hydrogen-bond donors (Lipinski definition) is 1. The lowest BCUT2D eigenvalue weighted by Gasteiger charge is -2.05. The smallest absolute Gasteiger partial charge is 0.159 e. The van der Waals surface area contributed by atoms with Gasteiger partial charge in [0, 0.05) is 47.3 Å².